The molecule has 0 aliphatic rings. The van der Waals surface area contributed by atoms with Gasteiger partial charge in [0.1, 0.15) is 0 Å². The minimum atomic E-state index is -0.454. The van der Waals surface area contributed by atoms with Crippen molar-refractivity contribution in [3.63, 3.8) is 0 Å². The van der Waals surface area contributed by atoms with Gasteiger partial charge in [-0.3, -0.25) is 20.2 Å². The molecular formula is C17H13N3O3S2. The Bertz CT molecular complexity index is 942. The van der Waals surface area contributed by atoms with Gasteiger partial charge in [0.05, 0.1) is 10.6 Å². The fourth-order valence-corrected chi connectivity index (χ4v) is 3.47. The number of carbonyl (C=O) groups excluding carboxylic acids is 1. The Morgan fingerprint density at radius 3 is 2.68 bits per heavy atom. The van der Waals surface area contributed by atoms with Crippen molar-refractivity contribution in [3.05, 3.63) is 68.4 Å². The van der Waals surface area contributed by atoms with Crippen LogP contribution < -0.4 is 5.32 Å². The van der Waals surface area contributed by atoms with Crippen molar-refractivity contribution in [1.29, 1.82) is 0 Å². The van der Waals surface area contributed by atoms with E-state index in [9.17, 15) is 14.9 Å². The lowest BCUT2D eigenvalue weighted by molar-refractivity contribution is -0.380. The number of rotatable bonds is 5. The molecule has 0 aliphatic carbocycles. The number of thiazole rings is 1. The number of nitrogens with one attached hydrogen (secondary N) is 1. The molecule has 6 nitrogen and oxygen atoms in total. The van der Waals surface area contributed by atoms with Gasteiger partial charge in [-0.15, -0.1) is 11.3 Å². The highest BCUT2D eigenvalue weighted by Crippen LogP contribution is 2.26. The summed E-state index contributed by atoms with van der Waals surface area (Å²) < 4.78 is 0. The number of aromatic nitrogens is 1. The lowest BCUT2D eigenvalue weighted by atomic mass is 10.1. The summed E-state index contributed by atoms with van der Waals surface area (Å²) in [5.74, 6) is -0.333. The van der Waals surface area contributed by atoms with Crippen LogP contribution in [-0.4, -0.2) is 15.8 Å². The van der Waals surface area contributed by atoms with Crippen molar-refractivity contribution in [3.8, 4) is 11.3 Å². The van der Waals surface area contributed by atoms with Gasteiger partial charge in [0, 0.05) is 28.0 Å². The second-order valence-corrected chi connectivity index (χ2v) is 7.11. The van der Waals surface area contributed by atoms with Gasteiger partial charge in [0.2, 0.25) is 5.91 Å². The molecule has 3 rings (SSSR count). The van der Waals surface area contributed by atoms with Gasteiger partial charge in [-0.05, 0) is 19.1 Å². The number of amides is 1. The topological polar surface area (TPSA) is 85.1 Å². The molecule has 3 aromatic rings. The molecule has 0 spiro atoms. The lowest BCUT2D eigenvalue weighted by Crippen LogP contribution is -2.07. The molecular weight excluding hydrogens is 358 g/mol. The van der Waals surface area contributed by atoms with E-state index in [1.54, 1.807) is 12.1 Å². The largest absolute Gasteiger partial charge is 0.324 e. The molecule has 126 valence electrons. The first-order valence-electron chi connectivity index (χ1n) is 7.27. The van der Waals surface area contributed by atoms with Crippen molar-refractivity contribution < 1.29 is 9.72 Å². The molecule has 1 aromatic carbocycles. The minimum absolute atomic E-state index is 0.0442. The Morgan fingerprint density at radius 2 is 2.00 bits per heavy atom. The number of nitrogens with zero attached hydrogens (tertiary/aromatic N) is 2. The number of anilines is 1. The summed E-state index contributed by atoms with van der Waals surface area (Å²) in [6.07, 6.45) is 2.88. The number of hydrogen-bond acceptors (Lipinski definition) is 6. The highest BCUT2D eigenvalue weighted by Gasteiger charge is 2.09. The molecule has 1 N–H and O–H groups in total. The zero-order valence-corrected chi connectivity index (χ0v) is 14.8. The van der Waals surface area contributed by atoms with Gasteiger partial charge in [0.15, 0.2) is 5.13 Å². The van der Waals surface area contributed by atoms with Crippen molar-refractivity contribution in [2.45, 2.75) is 6.92 Å². The van der Waals surface area contributed by atoms with Crippen LogP contribution in [0.2, 0.25) is 0 Å². The van der Waals surface area contributed by atoms with Crippen molar-refractivity contribution in [2.75, 3.05) is 5.32 Å². The second-order valence-electron chi connectivity index (χ2n) is 5.16. The molecule has 0 saturated carbocycles. The third-order valence-corrected chi connectivity index (χ3v) is 5.03. The van der Waals surface area contributed by atoms with Crippen LogP contribution in [0.3, 0.4) is 0 Å². The van der Waals surface area contributed by atoms with Gasteiger partial charge < -0.3 is 0 Å². The van der Waals surface area contributed by atoms with E-state index in [-0.39, 0.29) is 10.9 Å². The Labute approximate surface area is 151 Å². The van der Waals surface area contributed by atoms with Gasteiger partial charge >= 0.3 is 5.00 Å². The maximum atomic E-state index is 12.0. The predicted molar refractivity (Wildman–Crippen MR) is 101 cm³/mol. The van der Waals surface area contributed by atoms with E-state index in [1.807, 2.05) is 36.6 Å². The van der Waals surface area contributed by atoms with Gasteiger partial charge in [-0.25, -0.2) is 4.98 Å². The maximum Gasteiger partial charge on any atom is 0.324 e. The first kappa shape index (κ1) is 17.0. The average molecular weight is 371 g/mol. The van der Waals surface area contributed by atoms with Gasteiger partial charge in [-0.1, -0.05) is 41.2 Å². The average Bonchev–Trinajstić information content (AvgIpc) is 3.23. The van der Waals surface area contributed by atoms with Crippen LogP contribution in [0.15, 0.2) is 47.9 Å². The summed E-state index contributed by atoms with van der Waals surface area (Å²) in [6.45, 7) is 2.02. The Morgan fingerprint density at radius 1 is 1.24 bits per heavy atom. The molecule has 0 aliphatic heterocycles. The van der Waals surface area contributed by atoms with E-state index in [0.29, 0.717) is 10.0 Å². The summed E-state index contributed by atoms with van der Waals surface area (Å²) in [5, 5.41) is 15.8. The van der Waals surface area contributed by atoms with E-state index in [1.165, 1.54) is 29.0 Å². The number of thiophene rings is 1. The summed E-state index contributed by atoms with van der Waals surface area (Å²) in [6, 6.07) is 11.0. The van der Waals surface area contributed by atoms with Gasteiger partial charge in [0.25, 0.3) is 0 Å². The van der Waals surface area contributed by atoms with Crippen LogP contribution in [0.5, 0.6) is 0 Å². The van der Waals surface area contributed by atoms with Crippen LogP contribution in [0.1, 0.15) is 10.4 Å². The first-order chi connectivity index (χ1) is 12.0. The van der Waals surface area contributed by atoms with E-state index in [2.05, 4.69) is 10.3 Å². The molecule has 0 unspecified atom stereocenters. The smallest absolute Gasteiger partial charge is 0.298 e. The summed E-state index contributed by atoms with van der Waals surface area (Å²) in [7, 11) is 0. The zero-order valence-electron chi connectivity index (χ0n) is 13.1. The molecule has 2 aromatic heterocycles. The van der Waals surface area contributed by atoms with E-state index in [0.717, 1.165) is 22.6 Å². The Balaban J connectivity index is 1.64. The second kappa shape index (κ2) is 7.37. The number of nitro groups is 1. The highest BCUT2D eigenvalue weighted by molar-refractivity contribution is 7.16. The zero-order chi connectivity index (χ0) is 17.8. The number of carbonyl (C=O) groups is 1. The fraction of sp³-hybridized carbons (Fsp3) is 0.0588. The molecule has 0 bridgehead atoms. The third-order valence-electron chi connectivity index (χ3n) is 3.27. The fourth-order valence-electron chi connectivity index (χ4n) is 2.02. The van der Waals surface area contributed by atoms with Crippen molar-refractivity contribution in [2.24, 2.45) is 0 Å². The summed E-state index contributed by atoms with van der Waals surface area (Å²) >= 11 is 2.36. The van der Waals surface area contributed by atoms with Crippen molar-refractivity contribution in [1.82, 2.24) is 4.98 Å². The molecule has 0 fully saturated rings. The molecule has 0 saturated heterocycles. The van der Waals surface area contributed by atoms with E-state index >= 15 is 0 Å². The molecule has 25 heavy (non-hydrogen) atoms. The third kappa shape index (κ3) is 4.37. The quantitative estimate of drug-likeness (QED) is 0.399. The molecule has 2 heterocycles. The normalized spacial score (nSPS) is 10.9. The maximum absolute atomic E-state index is 12.0. The molecule has 8 heteroatoms. The monoisotopic (exact) mass is 371 g/mol. The Hall–Kier alpha value is -2.84. The summed E-state index contributed by atoms with van der Waals surface area (Å²) in [4.78, 5) is 27.2. The van der Waals surface area contributed by atoms with E-state index < -0.39 is 4.92 Å². The van der Waals surface area contributed by atoms with Crippen LogP contribution >= 0.6 is 22.7 Å². The first-order valence-corrected chi connectivity index (χ1v) is 8.97. The van der Waals surface area contributed by atoms with Gasteiger partial charge in [-0.2, -0.15) is 0 Å². The van der Waals surface area contributed by atoms with E-state index in [4.69, 9.17) is 0 Å². The van der Waals surface area contributed by atoms with Crippen LogP contribution in [0, 0.1) is 17.0 Å². The minimum Gasteiger partial charge on any atom is -0.298 e. The van der Waals surface area contributed by atoms with Crippen LogP contribution in [0.25, 0.3) is 17.3 Å². The summed E-state index contributed by atoms with van der Waals surface area (Å²) in [5.41, 5.74) is 2.97. The number of hydrogen-bond donors (Lipinski definition) is 1. The standard InChI is InChI=1S/C17H13N3O3S2/c1-11-2-4-12(5-3-11)14-10-24-17(18-14)19-15(21)8-6-13-7-9-16(25-13)20(22)23/h2-10H,1H3,(H,18,19,21)/b8-6+. The predicted octanol–water partition coefficient (Wildman–Crippen LogP) is 4.74. The van der Waals surface area contributed by atoms with Crippen LogP contribution in [0.4, 0.5) is 10.1 Å². The lowest BCUT2D eigenvalue weighted by Gasteiger charge is -1.98. The molecule has 0 atom stereocenters. The number of aryl methyl sites for hydroxylation is 1. The molecule has 0 radical (unpaired) electrons. The molecule has 1 amide bonds. The number of benzene rings is 1. The van der Waals surface area contributed by atoms with Crippen molar-refractivity contribution >= 4 is 44.8 Å². The Kier molecular flexibility index (Phi) is 5.01. The SMILES string of the molecule is Cc1ccc(-c2csc(NC(=O)/C=C/c3ccc([N+](=O)[O-])s3)n2)cc1. The highest BCUT2D eigenvalue weighted by atomic mass is 32.1. The van der Waals surface area contributed by atoms with Crippen LogP contribution in [-0.2, 0) is 4.79 Å².